The quantitative estimate of drug-likeness (QED) is 0.865. The summed E-state index contributed by atoms with van der Waals surface area (Å²) in [5, 5.41) is 19.2. The van der Waals surface area contributed by atoms with E-state index in [0.29, 0.717) is 5.02 Å². The SMILES string of the molecule is O=S(=O)(c1ccccc1)[C@@H]1[C@@H](c2ccc(Cl)cc2)C1(CO)CO. The van der Waals surface area contributed by atoms with Crippen molar-refractivity contribution in [2.24, 2.45) is 5.41 Å². The van der Waals surface area contributed by atoms with E-state index >= 15 is 0 Å². The molecule has 2 aromatic carbocycles. The van der Waals surface area contributed by atoms with Crippen molar-refractivity contribution in [2.75, 3.05) is 13.2 Å². The monoisotopic (exact) mass is 352 g/mol. The molecule has 1 aliphatic rings. The molecule has 2 N–H and O–H groups in total. The first-order chi connectivity index (χ1) is 11.0. The van der Waals surface area contributed by atoms with Crippen LogP contribution in [0.4, 0.5) is 0 Å². The second-order valence-corrected chi connectivity index (χ2v) is 8.36. The standard InChI is InChI=1S/C17H17ClO4S/c18-13-8-6-12(7-9-13)15-16(17(15,10-19)11-20)23(21,22)14-4-2-1-3-5-14/h1-9,15-16,19-20H,10-11H2/t15-,16-/m1/s1. The average Bonchev–Trinajstić information content (AvgIpc) is 3.27. The van der Waals surface area contributed by atoms with Gasteiger partial charge in [0.2, 0.25) is 0 Å². The molecule has 0 heterocycles. The molecule has 23 heavy (non-hydrogen) atoms. The summed E-state index contributed by atoms with van der Waals surface area (Å²) >= 11 is 5.88. The molecule has 1 aliphatic carbocycles. The summed E-state index contributed by atoms with van der Waals surface area (Å²) in [4.78, 5) is 0.202. The lowest BCUT2D eigenvalue weighted by atomic mass is 10.0. The van der Waals surface area contributed by atoms with Crippen LogP contribution < -0.4 is 0 Å². The van der Waals surface area contributed by atoms with Crippen LogP contribution in [0.2, 0.25) is 5.02 Å². The lowest BCUT2D eigenvalue weighted by molar-refractivity contribution is 0.130. The first-order valence-electron chi connectivity index (χ1n) is 7.23. The van der Waals surface area contributed by atoms with Crippen LogP contribution in [0.1, 0.15) is 11.5 Å². The minimum atomic E-state index is -3.66. The molecule has 4 nitrogen and oxygen atoms in total. The van der Waals surface area contributed by atoms with Gasteiger partial charge in [0.05, 0.1) is 23.4 Å². The normalized spacial score (nSPS) is 22.7. The molecular formula is C17H17ClO4S. The van der Waals surface area contributed by atoms with Gasteiger partial charge in [0.15, 0.2) is 9.84 Å². The topological polar surface area (TPSA) is 74.6 Å². The van der Waals surface area contributed by atoms with Crippen LogP contribution in [0.25, 0.3) is 0 Å². The van der Waals surface area contributed by atoms with E-state index in [1.807, 2.05) is 0 Å². The van der Waals surface area contributed by atoms with Gasteiger partial charge in [-0.1, -0.05) is 41.9 Å². The molecule has 3 rings (SSSR count). The van der Waals surface area contributed by atoms with Crippen LogP contribution in [0, 0.1) is 5.41 Å². The minimum Gasteiger partial charge on any atom is -0.396 e. The van der Waals surface area contributed by atoms with Crippen LogP contribution >= 0.6 is 11.6 Å². The van der Waals surface area contributed by atoms with Gasteiger partial charge in [-0.3, -0.25) is 0 Å². The van der Waals surface area contributed by atoms with Crippen molar-refractivity contribution in [3.63, 3.8) is 0 Å². The van der Waals surface area contributed by atoms with E-state index < -0.39 is 39.6 Å². The number of sulfone groups is 1. The molecule has 0 radical (unpaired) electrons. The van der Waals surface area contributed by atoms with Crippen molar-refractivity contribution in [3.05, 3.63) is 65.2 Å². The fourth-order valence-electron chi connectivity index (χ4n) is 3.30. The van der Waals surface area contributed by atoms with Gasteiger partial charge in [-0.05, 0) is 29.8 Å². The molecule has 1 saturated carbocycles. The highest BCUT2D eigenvalue weighted by atomic mass is 35.5. The Hall–Kier alpha value is -1.40. The van der Waals surface area contributed by atoms with E-state index in [1.54, 1.807) is 42.5 Å². The maximum Gasteiger partial charge on any atom is 0.182 e. The van der Waals surface area contributed by atoms with E-state index in [0.717, 1.165) is 5.56 Å². The lowest BCUT2D eigenvalue weighted by Gasteiger charge is -2.11. The van der Waals surface area contributed by atoms with Crippen LogP contribution in [0.5, 0.6) is 0 Å². The largest absolute Gasteiger partial charge is 0.396 e. The molecule has 1 fully saturated rings. The van der Waals surface area contributed by atoms with Gasteiger partial charge < -0.3 is 10.2 Å². The fourth-order valence-corrected chi connectivity index (χ4v) is 5.88. The summed E-state index contributed by atoms with van der Waals surface area (Å²) in [6.07, 6.45) is 0. The third-order valence-electron chi connectivity index (χ3n) is 4.60. The Morgan fingerprint density at radius 3 is 2.04 bits per heavy atom. The molecule has 2 atom stereocenters. The second-order valence-electron chi connectivity index (χ2n) is 5.86. The fraction of sp³-hybridized carbons (Fsp3) is 0.294. The summed E-state index contributed by atoms with van der Waals surface area (Å²) in [5.41, 5.74) is -0.315. The Labute approximate surface area is 140 Å². The summed E-state index contributed by atoms with van der Waals surface area (Å²) in [7, 11) is -3.66. The van der Waals surface area contributed by atoms with Crippen molar-refractivity contribution >= 4 is 21.4 Å². The minimum absolute atomic E-state index is 0.202. The second kappa shape index (κ2) is 5.91. The highest BCUT2D eigenvalue weighted by molar-refractivity contribution is 7.92. The van der Waals surface area contributed by atoms with Gasteiger partial charge in [-0.25, -0.2) is 8.42 Å². The van der Waals surface area contributed by atoms with Crippen LogP contribution in [-0.2, 0) is 9.84 Å². The first-order valence-corrected chi connectivity index (χ1v) is 9.16. The summed E-state index contributed by atoms with van der Waals surface area (Å²) in [6.45, 7) is -0.791. The summed E-state index contributed by atoms with van der Waals surface area (Å²) in [6, 6.07) is 15.0. The van der Waals surface area contributed by atoms with Crippen molar-refractivity contribution in [3.8, 4) is 0 Å². The van der Waals surface area contributed by atoms with Crippen molar-refractivity contribution in [1.29, 1.82) is 0 Å². The molecule has 122 valence electrons. The van der Waals surface area contributed by atoms with Gasteiger partial charge in [-0.2, -0.15) is 0 Å². The number of aliphatic hydroxyl groups excluding tert-OH is 2. The molecule has 0 aromatic heterocycles. The number of benzene rings is 2. The number of aliphatic hydroxyl groups is 2. The van der Waals surface area contributed by atoms with E-state index in [2.05, 4.69) is 0 Å². The summed E-state index contributed by atoms with van der Waals surface area (Å²) in [5.74, 6) is -0.458. The maximum atomic E-state index is 12.9. The molecule has 0 bridgehead atoms. The van der Waals surface area contributed by atoms with Gasteiger partial charge in [-0.15, -0.1) is 0 Å². The Morgan fingerprint density at radius 1 is 0.957 bits per heavy atom. The molecular weight excluding hydrogens is 336 g/mol. The first kappa shape index (κ1) is 16.5. The smallest absolute Gasteiger partial charge is 0.182 e. The van der Waals surface area contributed by atoms with Crippen LogP contribution in [-0.4, -0.2) is 37.1 Å². The predicted octanol–water partition coefficient (Wildman–Crippen LogP) is 2.25. The molecule has 0 saturated heterocycles. The predicted molar refractivity (Wildman–Crippen MR) is 88.2 cm³/mol. The molecule has 0 amide bonds. The molecule has 0 aliphatic heterocycles. The van der Waals surface area contributed by atoms with Crippen molar-refractivity contribution in [2.45, 2.75) is 16.1 Å². The van der Waals surface area contributed by atoms with Crippen molar-refractivity contribution < 1.29 is 18.6 Å². The Bertz CT molecular complexity index is 783. The number of hydrogen-bond donors (Lipinski definition) is 2. The van der Waals surface area contributed by atoms with Crippen molar-refractivity contribution in [1.82, 2.24) is 0 Å². The molecule has 2 aromatic rings. The third kappa shape index (κ3) is 2.58. The van der Waals surface area contributed by atoms with Gasteiger partial charge >= 0.3 is 0 Å². The highest BCUT2D eigenvalue weighted by Gasteiger charge is 2.70. The molecule has 0 unspecified atom stereocenters. The Kier molecular flexibility index (Phi) is 4.23. The zero-order chi connectivity index (χ0) is 16.7. The zero-order valence-corrected chi connectivity index (χ0v) is 13.8. The van der Waals surface area contributed by atoms with E-state index in [4.69, 9.17) is 11.6 Å². The zero-order valence-electron chi connectivity index (χ0n) is 12.3. The van der Waals surface area contributed by atoms with Crippen LogP contribution in [0.3, 0.4) is 0 Å². The number of rotatable bonds is 5. The Morgan fingerprint density at radius 2 is 1.52 bits per heavy atom. The number of halogens is 1. The lowest BCUT2D eigenvalue weighted by Crippen LogP contribution is -2.22. The third-order valence-corrected chi connectivity index (χ3v) is 7.19. The number of hydrogen-bond acceptors (Lipinski definition) is 4. The maximum absolute atomic E-state index is 12.9. The van der Waals surface area contributed by atoms with Gasteiger partial charge in [0, 0.05) is 16.4 Å². The summed E-state index contributed by atoms with van der Waals surface area (Å²) < 4.78 is 25.9. The molecule has 0 spiro atoms. The molecule has 6 heteroatoms. The Balaban J connectivity index is 2.05. The highest BCUT2D eigenvalue weighted by Crippen LogP contribution is 2.63. The van der Waals surface area contributed by atoms with Crippen LogP contribution in [0.15, 0.2) is 59.5 Å². The van der Waals surface area contributed by atoms with E-state index in [9.17, 15) is 18.6 Å². The van der Waals surface area contributed by atoms with E-state index in [-0.39, 0.29) is 4.90 Å². The van der Waals surface area contributed by atoms with E-state index in [1.165, 1.54) is 12.1 Å². The average molecular weight is 353 g/mol. The van der Waals surface area contributed by atoms with Gasteiger partial charge in [0.1, 0.15) is 0 Å². The van der Waals surface area contributed by atoms with Gasteiger partial charge in [0.25, 0.3) is 0 Å².